The van der Waals surface area contributed by atoms with Gasteiger partial charge in [-0.2, -0.15) is 0 Å². The lowest BCUT2D eigenvalue weighted by atomic mass is 10.1. The quantitative estimate of drug-likeness (QED) is 0.854. The second-order valence-corrected chi connectivity index (χ2v) is 3.68. The molecule has 1 atom stereocenters. The Balaban J connectivity index is 2.76. The van der Waals surface area contributed by atoms with Crippen molar-refractivity contribution in [3.63, 3.8) is 0 Å². The molecular weight excluding hydrogens is 212 g/mol. The number of hydrogen-bond donors (Lipinski definition) is 1. The van der Waals surface area contributed by atoms with Crippen molar-refractivity contribution < 1.29 is 9.84 Å². The topological polar surface area (TPSA) is 29.5 Å². The number of hydrogen-bond acceptors (Lipinski definition) is 2. The van der Waals surface area contributed by atoms with E-state index < -0.39 is 6.10 Å². The van der Waals surface area contributed by atoms with E-state index >= 15 is 0 Å². The summed E-state index contributed by atoms with van der Waals surface area (Å²) in [5, 5.41) is 9.51. The zero-order valence-corrected chi connectivity index (χ0v) is 9.66. The Morgan fingerprint density at radius 2 is 2.20 bits per heavy atom. The molecule has 1 aromatic rings. The molecule has 0 aliphatic heterocycles. The number of para-hydroxylation sites is 1. The SMILES string of the molecule is C/C(=C\Cl)COc1ccccc1[C@@H](C)O. The molecule has 0 unspecified atom stereocenters. The van der Waals surface area contributed by atoms with Crippen LogP contribution in [0.1, 0.15) is 25.5 Å². The van der Waals surface area contributed by atoms with E-state index in [1.165, 1.54) is 5.54 Å². The fourth-order valence-corrected chi connectivity index (χ4v) is 1.24. The highest BCUT2D eigenvalue weighted by molar-refractivity contribution is 6.25. The van der Waals surface area contributed by atoms with Crippen LogP contribution in [0, 0.1) is 0 Å². The van der Waals surface area contributed by atoms with Crippen LogP contribution in [0.2, 0.25) is 0 Å². The van der Waals surface area contributed by atoms with Gasteiger partial charge in [-0.05, 0) is 25.5 Å². The highest BCUT2D eigenvalue weighted by Crippen LogP contribution is 2.24. The minimum absolute atomic E-state index is 0.438. The molecule has 1 aromatic carbocycles. The number of halogens is 1. The third-order valence-corrected chi connectivity index (χ3v) is 2.38. The van der Waals surface area contributed by atoms with Gasteiger partial charge in [0.2, 0.25) is 0 Å². The second kappa shape index (κ2) is 5.79. The Morgan fingerprint density at radius 3 is 2.80 bits per heavy atom. The largest absolute Gasteiger partial charge is 0.489 e. The van der Waals surface area contributed by atoms with Crippen LogP contribution in [0.15, 0.2) is 35.4 Å². The maximum Gasteiger partial charge on any atom is 0.125 e. The Labute approximate surface area is 95.1 Å². The first-order valence-corrected chi connectivity index (χ1v) is 5.24. The first-order valence-electron chi connectivity index (χ1n) is 4.80. The highest BCUT2D eigenvalue weighted by Gasteiger charge is 2.07. The van der Waals surface area contributed by atoms with Gasteiger partial charge in [0.25, 0.3) is 0 Å². The van der Waals surface area contributed by atoms with Crippen LogP contribution in [0.5, 0.6) is 5.75 Å². The molecule has 0 fully saturated rings. The number of ether oxygens (including phenoxy) is 1. The molecule has 0 amide bonds. The van der Waals surface area contributed by atoms with Crippen molar-refractivity contribution in [2.24, 2.45) is 0 Å². The molecule has 0 bridgehead atoms. The maximum atomic E-state index is 9.51. The lowest BCUT2D eigenvalue weighted by Gasteiger charge is -2.12. The number of aliphatic hydroxyl groups excluding tert-OH is 1. The molecule has 0 saturated carbocycles. The number of benzene rings is 1. The van der Waals surface area contributed by atoms with Crippen LogP contribution in [0.4, 0.5) is 0 Å². The highest BCUT2D eigenvalue weighted by atomic mass is 35.5. The van der Waals surface area contributed by atoms with Gasteiger partial charge in [0, 0.05) is 11.1 Å². The predicted molar refractivity (Wildman–Crippen MR) is 62.2 cm³/mol. The van der Waals surface area contributed by atoms with Gasteiger partial charge in [-0.15, -0.1) is 0 Å². The average molecular weight is 227 g/mol. The Hall–Kier alpha value is -0.990. The summed E-state index contributed by atoms with van der Waals surface area (Å²) < 4.78 is 5.54. The Kier molecular flexibility index (Phi) is 4.66. The third kappa shape index (κ3) is 3.57. The van der Waals surface area contributed by atoms with E-state index in [1.807, 2.05) is 31.2 Å². The van der Waals surface area contributed by atoms with Crippen molar-refractivity contribution in [1.82, 2.24) is 0 Å². The van der Waals surface area contributed by atoms with Gasteiger partial charge >= 0.3 is 0 Å². The van der Waals surface area contributed by atoms with E-state index in [9.17, 15) is 5.11 Å². The van der Waals surface area contributed by atoms with Crippen molar-refractivity contribution >= 4 is 11.6 Å². The smallest absolute Gasteiger partial charge is 0.125 e. The lowest BCUT2D eigenvalue weighted by molar-refractivity contribution is 0.192. The van der Waals surface area contributed by atoms with E-state index in [0.29, 0.717) is 12.4 Å². The van der Waals surface area contributed by atoms with Gasteiger partial charge in [-0.3, -0.25) is 0 Å². The molecule has 0 aromatic heterocycles. The monoisotopic (exact) mass is 226 g/mol. The first kappa shape index (κ1) is 12.1. The van der Waals surface area contributed by atoms with Crippen molar-refractivity contribution in [2.75, 3.05) is 6.61 Å². The summed E-state index contributed by atoms with van der Waals surface area (Å²) in [6, 6.07) is 7.43. The van der Waals surface area contributed by atoms with Crippen LogP contribution in [-0.2, 0) is 0 Å². The van der Waals surface area contributed by atoms with E-state index in [1.54, 1.807) is 6.92 Å². The number of rotatable bonds is 4. The maximum absolute atomic E-state index is 9.51. The lowest BCUT2D eigenvalue weighted by Crippen LogP contribution is -2.02. The molecule has 15 heavy (non-hydrogen) atoms. The van der Waals surface area contributed by atoms with Crippen LogP contribution in [-0.4, -0.2) is 11.7 Å². The average Bonchev–Trinajstić information content (AvgIpc) is 2.26. The standard InChI is InChI=1S/C12H15ClO2/c1-9(7-13)8-15-12-6-4-3-5-11(12)10(2)14/h3-7,10,14H,8H2,1-2H3/b9-7+/t10-/m1/s1. The summed E-state index contributed by atoms with van der Waals surface area (Å²) in [5.74, 6) is 0.699. The zero-order valence-electron chi connectivity index (χ0n) is 8.90. The molecule has 82 valence electrons. The van der Waals surface area contributed by atoms with Crippen molar-refractivity contribution in [2.45, 2.75) is 20.0 Å². The first-order chi connectivity index (χ1) is 7.15. The van der Waals surface area contributed by atoms with Gasteiger partial charge in [0.1, 0.15) is 12.4 Å². The molecule has 0 aliphatic rings. The van der Waals surface area contributed by atoms with E-state index in [2.05, 4.69) is 0 Å². The summed E-state index contributed by atoms with van der Waals surface area (Å²) in [4.78, 5) is 0. The molecule has 0 aliphatic carbocycles. The molecule has 3 heteroatoms. The van der Waals surface area contributed by atoms with Crippen molar-refractivity contribution in [3.8, 4) is 5.75 Å². The third-order valence-electron chi connectivity index (χ3n) is 2.01. The van der Waals surface area contributed by atoms with Crippen LogP contribution < -0.4 is 4.74 Å². The molecule has 2 nitrogen and oxygen atoms in total. The van der Waals surface area contributed by atoms with Gasteiger partial charge in [0.05, 0.1) is 6.10 Å². The summed E-state index contributed by atoms with van der Waals surface area (Å²) in [7, 11) is 0. The van der Waals surface area contributed by atoms with Crippen LogP contribution >= 0.6 is 11.6 Å². The number of aliphatic hydroxyl groups is 1. The minimum atomic E-state index is -0.526. The van der Waals surface area contributed by atoms with Crippen molar-refractivity contribution in [1.29, 1.82) is 0 Å². The molecule has 1 rings (SSSR count). The van der Waals surface area contributed by atoms with E-state index in [4.69, 9.17) is 16.3 Å². The summed E-state index contributed by atoms with van der Waals surface area (Å²) in [5.41, 5.74) is 3.22. The minimum Gasteiger partial charge on any atom is -0.489 e. The van der Waals surface area contributed by atoms with E-state index in [0.717, 1.165) is 11.1 Å². The summed E-state index contributed by atoms with van der Waals surface area (Å²) in [6.07, 6.45) is -0.526. The van der Waals surface area contributed by atoms with Crippen LogP contribution in [0.3, 0.4) is 0 Å². The van der Waals surface area contributed by atoms with Gasteiger partial charge in [0.15, 0.2) is 0 Å². The van der Waals surface area contributed by atoms with Gasteiger partial charge in [-0.1, -0.05) is 29.8 Å². The molecule has 0 saturated heterocycles. The predicted octanol–water partition coefficient (Wildman–Crippen LogP) is 3.26. The normalized spacial score (nSPS) is 13.7. The fourth-order valence-electron chi connectivity index (χ4n) is 1.18. The van der Waals surface area contributed by atoms with Gasteiger partial charge < -0.3 is 9.84 Å². The van der Waals surface area contributed by atoms with Crippen LogP contribution in [0.25, 0.3) is 0 Å². The molecule has 0 radical (unpaired) electrons. The fraction of sp³-hybridized carbons (Fsp3) is 0.333. The Morgan fingerprint density at radius 1 is 1.53 bits per heavy atom. The second-order valence-electron chi connectivity index (χ2n) is 3.46. The van der Waals surface area contributed by atoms with Crippen molar-refractivity contribution in [3.05, 3.63) is 40.9 Å². The summed E-state index contributed by atoms with van der Waals surface area (Å²) >= 11 is 5.53. The molecule has 1 N–H and O–H groups in total. The summed E-state index contributed by atoms with van der Waals surface area (Å²) in [6.45, 7) is 4.04. The van der Waals surface area contributed by atoms with E-state index in [-0.39, 0.29) is 0 Å². The zero-order chi connectivity index (χ0) is 11.3. The molecular formula is C12H15ClO2. The molecule has 0 heterocycles. The van der Waals surface area contributed by atoms with Gasteiger partial charge in [-0.25, -0.2) is 0 Å². The molecule has 0 spiro atoms. The Bertz CT molecular complexity index is 345.